The first kappa shape index (κ1) is 11.3. The second-order valence-corrected chi connectivity index (χ2v) is 3.64. The van der Waals surface area contributed by atoms with Gasteiger partial charge in [-0.15, -0.1) is 0 Å². The first-order valence-electron chi connectivity index (χ1n) is 5.22. The number of hydrogen-bond acceptors (Lipinski definition) is 4. The van der Waals surface area contributed by atoms with E-state index in [1.54, 1.807) is 0 Å². The molecule has 3 N–H and O–H groups in total. The number of anilines is 1. The van der Waals surface area contributed by atoms with Crippen LogP contribution in [0.3, 0.4) is 0 Å². The highest BCUT2D eigenvalue weighted by Gasteiger charge is 2.11. The average molecular weight is 231 g/mol. The number of oxazole rings is 1. The maximum Gasteiger partial charge on any atom is 0.293 e. The Bertz CT molecular complexity index is 517. The fourth-order valence-electron chi connectivity index (χ4n) is 1.34. The lowest BCUT2D eigenvalue weighted by molar-refractivity contribution is 0.0995. The molecule has 0 saturated heterocycles. The molecular formula is C12H13N3O2. The Morgan fingerprint density at radius 1 is 1.41 bits per heavy atom. The third-order valence-corrected chi connectivity index (χ3v) is 2.26. The first-order chi connectivity index (χ1) is 8.19. The van der Waals surface area contributed by atoms with E-state index in [0.29, 0.717) is 11.6 Å². The van der Waals surface area contributed by atoms with Gasteiger partial charge in [-0.3, -0.25) is 4.79 Å². The molecule has 5 heteroatoms. The van der Waals surface area contributed by atoms with Crippen molar-refractivity contribution in [3.05, 3.63) is 47.7 Å². The number of nitrogens with zero attached hydrogens (tertiary/aromatic N) is 1. The van der Waals surface area contributed by atoms with Gasteiger partial charge in [0.15, 0.2) is 0 Å². The summed E-state index contributed by atoms with van der Waals surface area (Å²) >= 11 is 0. The minimum Gasteiger partial charge on any atom is -0.434 e. The number of nitrogens with one attached hydrogen (secondary N) is 1. The summed E-state index contributed by atoms with van der Waals surface area (Å²) in [6.07, 6.45) is 1.37. The standard InChI is InChI=1S/C12H13N3O2/c1-8-2-4-9(5-3-8)15-12(16)10-7-14-11(6-13)17-10/h2-5,7H,6,13H2,1H3,(H,15,16). The molecule has 1 heterocycles. The highest BCUT2D eigenvalue weighted by atomic mass is 16.4. The van der Waals surface area contributed by atoms with Crippen molar-refractivity contribution in [1.82, 2.24) is 4.98 Å². The fourth-order valence-corrected chi connectivity index (χ4v) is 1.34. The van der Waals surface area contributed by atoms with Crippen molar-refractivity contribution in [2.75, 3.05) is 5.32 Å². The van der Waals surface area contributed by atoms with E-state index in [1.807, 2.05) is 31.2 Å². The molecule has 88 valence electrons. The molecule has 0 fully saturated rings. The van der Waals surface area contributed by atoms with Crippen LogP contribution in [0.15, 0.2) is 34.9 Å². The zero-order valence-electron chi connectivity index (χ0n) is 9.43. The SMILES string of the molecule is Cc1ccc(NC(=O)c2cnc(CN)o2)cc1. The van der Waals surface area contributed by atoms with Gasteiger partial charge in [0.1, 0.15) is 0 Å². The van der Waals surface area contributed by atoms with Crippen LogP contribution >= 0.6 is 0 Å². The smallest absolute Gasteiger partial charge is 0.293 e. The van der Waals surface area contributed by atoms with Gasteiger partial charge in [0, 0.05) is 5.69 Å². The molecule has 2 rings (SSSR count). The molecule has 1 amide bonds. The molecule has 0 bridgehead atoms. The minimum absolute atomic E-state index is 0.158. The van der Waals surface area contributed by atoms with E-state index >= 15 is 0 Å². The van der Waals surface area contributed by atoms with Gasteiger partial charge in [0.05, 0.1) is 12.7 Å². The Kier molecular flexibility index (Phi) is 3.20. The molecule has 0 aliphatic rings. The summed E-state index contributed by atoms with van der Waals surface area (Å²) in [7, 11) is 0. The Morgan fingerprint density at radius 2 is 2.12 bits per heavy atom. The van der Waals surface area contributed by atoms with E-state index in [1.165, 1.54) is 6.20 Å². The van der Waals surface area contributed by atoms with Crippen molar-refractivity contribution in [2.45, 2.75) is 13.5 Å². The van der Waals surface area contributed by atoms with Crippen molar-refractivity contribution in [1.29, 1.82) is 0 Å². The van der Waals surface area contributed by atoms with Crippen molar-refractivity contribution < 1.29 is 9.21 Å². The molecule has 0 radical (unpaired) electrons. The van der Waals surface area contributed by atoms with Crippen LogP contribution in [-0.2, 0) is 6.54 Å². The number of aryl methyl sites for hydroxylation is 1. The van der Waals surface area contributed by atoms with Crippen LogP contribution in [-0.4, -0.2) is 10.9 Å². The summed E-state index contributed by atoms with van der Waals surface area (Å²) in [5.74, 6) is 0.172. The Balaban J connectivity index is 2.08. The van der Waals surface area contributed by atoms with Crippen LogP contribution in [0, 0.1) is 6.92 Å². The molecule has 2 aromatic rings. The molecule has 0 atom stereocenters. The third-order valence-electron chi connectivity index (χ3n) is 2.26. The van der Waals surface area contributed by atoms with Crippen LogP contribution in [0.5, 0.6) is 0 Å². The van der Waals surface area contributed by atoms with E-state index in [4.69, 9.17) is 10.2 Å². The zero-order valence-corrected chi connectivity index (χ0v) is 9.43. The van der Waals surface area contributed by atoms with Gasteiger partial charge < -0.3 is 15.5 Å². The van der Waals surface area contributed by atoms with E-state index in [2.05, 4.69) is 10.3 Å². The van der Waals surface area contributed by atoms with Gasteiger partial charge in [-0.05, 0) is 19.1 Å². The van der Waals surface area contributed by atoms with E-state index < -0.39 is 0 Å². The lowest BCUT2D eigenvalue weighted by Gasteiger charge is -2.02. The maximum absolute atomic E-state index is 11.7. The number of rotatable bonds is 3. The van der Waals surface area contributed by atoms with Gasteiger partial charge in [0.2, 0.25) is 11.7 Å². The number of benzene rings is 1. The third kappa shape index (κ3) is 2.70. The average Bonchev–Trinajstić information content (AvgIpc) is 2.81. The van der Waals surface area contributed by atoms with Crippen molar-refractivity contribution in [3.8, 4) is 0 Å². The van der Waals surface area contributed by atoms with Crippen LogP contribution in [0.2, 0.25) is 0 Å². The lowest BCUT2D eigenvalue weighted by Crippen LogP contribution is -2.10. The molecular weight excluding hydrogens is 218 g/mol. The predicted octanol–water partition coefficient (Wildman–Crippen LogP) is 1.69. The number of hydrogen-bond donors (Lipinski definition) is 2. The predicted molar refractivity (Wildman–Crippen MR) is 63.5 cm³/mol. The van der Waals surface area contributed by atoms with Gasteiger partial charge in [-0.25, -0.2) is 4.98 Å². The number of amides is 1. The second-order valence-electron chi connectivity index (χ2n) is 3.64. The number of nitrogens with two attached hydrogens (primary N) is 1. The van der Waals surface area contributed by atoms with Crippen LogP contribution in [0.25, 0.3) is 0 Å². The molecule has 0 saturated carbocycles. The Morgan fingerprint density at radius 3 is 2.71 bits per heavy atom. The summed E-state index contributed by atoms with van der Waals surface area (Å²) in [6, 6.07) is 7.49. The molecule has 5 nitrogen and oxygen atoms in total. The lowest BCUT2D eigenvalue weighted by atomic mass is 10.2. The molecule has 17 heavy (non-hydrogen) atoms. The second kappa shape index (κ2) is 4.80. The summed E-state index contributed by atoms with van der Waals surface area (Å²) < 4.78 is 5.14. The van der Waals surface area contributed by atoms with Crippen LogP contribution in [0.4, 0.5) is 5.69 Å². The topological polar surface area (TPSA) is 81.2 Å². The molecule has 1 aromatic carbocycles. The van der Waals surface area contributed by atoms with Crippen LogP contribution < -0.4 is 11.1 Å². The fraction of sp³-hybridized carbons (Fsp3) is 0.167. The Hall–Kier alpha value is -2.14. The summed E-state index contributed by atoms with van der Waals surface area (Å²) in [5.41, 5.74) is 7.19. The highest BCUT2D eigenvalue weighted by Crippen LogP contribution is 2.11. The maximum atomic E-state index is 11.7. The quantitative estimate of drug-likeness (QED) is 0.842. The summed E-state index contributed by atoms with van der Waals surface area (Å²) in [4.78, 5) is 15.6. The number of carbonyl (C=O) groups excluding carboxylic acids is 1. The molecule has 0 aliphatic carbocycles. The highest BCUT2D eigenvalue weighted by molar-refractivity contribution is 6.02. The molecule has 1 aromatic heterocycles. The molecule has 0 aliphatic heterocycles. The van der Waals surface area contributed by atoms with Crippen molar-refractivity contribution in [3.63, 3.8) is 0 Å². The van der Waals surface area contributed by atoms with Gasteiger partial charge in [-0.1, -0.05) is 17.7 Å². The van der Waals surface area contributed by atoms with Crippen molar-refractivity contribution >= 4 is 11.6 Å². The van der Waals surface area contributed by atoms with Gasteiger partial charge in [0.25, 0.3) is 5.91 Å². The number of aromatic nitrogens is 1. The van der Waals surface area contributed by atoms with Crippen molar-refractivity contribution in [2.24, 2.45) is 5.73 Å². The largest absolute Gasteiger partial charge is 0.434 e. The van der Waals surface area contributed by atoms with E-state index in [0.717, 1.165) is 5.56 Å². The van der Waals surface area contributed by atoms with E-state index in [-0.39, 0.29) is 18.2 Å². The van der Waals surface area contributed by atoms with Gasteiger partial charge >= 0.3 is 0 Å². The minimum atomic E-state index is -0.332. The molecule has 0 spiro atoms. The zero-order chi connectivity index (χ0) is 12.3. The monoisotopic (exact) mass is 231 g/mol. The molecule has 0 unspecified atom stereocenters. The van der Waals surface area contributed by atoms with Crippen LogP contribution in [0.1, 0.15) is 22.0 Å². The first-order valence-corrected chi connectivity index (χ1v) is 5.22. The number of carbonyl (C=O) groups is 1. The van der Waals surface area contributed by atoms with Gasteiger partial charge in [-0.2, -0.15) is 0 Å². The van der Waals surface area contributed by atoms with E-state index in [9.17, 15) is 4.79 Å². The Labute approximate surface area is 98.6 Å². The summed E-state index contributed by atoms with van der Waals surface area (Å²) in [6.45, 7) is 2.16. The normalized spacial score (nSPS) is 10.2. The summed E-state index contributed by atoms with van der Waals surface area (Å²) in [5, 5.41) is 2.71.